The van der Waals surface area contributed by atoms with E-state index in [0.29, 0.717) is 24.0 Å². The topological polar surface area (TPSA) is 104 Å². The van der Waals surface area contributed by atoms with Crippen LogP contribution < -0.4 is 0 Å². The molecule has 6 heteroatoms. The van der Waals surface area contributed by atoms with Crippen LogP contribution in [0.3, 0.4) is 0 Å². The fraction of sp³-hybridized carbons (Fsp3) is 0.739. The second-order valence-corrected chi connectivity index (χ2v) is 10.2. The van der Waals surface area contributed by atoms with E-state index in [1.54, 1.807) is 19.9 Å². The number of ether oxygens (including phenoxy) is 1. The SMILES string of the molecule is CCC(=O)OC12CC(C)C3(O)C4C=C(C)C(=O)C4(O)CC(CO)=CC3(C1)C2(C)C. The van der Waals surface area contributed by atoms with Crippen LogP contribution in [0.1, 0.15) is 60.3 Å². The number of hydrogen-bond donors (Lipinski definition) is 3. The summed E-state index contributed by atoms with van der Waals surface area (Å²) in [6, 6.07) is 0. The molecule has 6 unspecified atom stereocenters. The van der Waals surface area contributed by atoms with Gasteiger partial charge in [0.15, 0.2) is 5.78 Å². The van der Waals surface area contributed by atoms with Crippen molar-refractivity contribution in [3.63, 3.8) is 0 Å². The molecule has 0 amide bonds. The molecule has 0 aromatic carbocycles. The molecule has 3 fully saturated rings. The van der Waals surface area contributed by atoms with Gasteiger partial charge in [0, 0.05) is 36.0 Å². The summed E-state index contributed by atoms with van der Waals surface area (Å²) >= 11 is 0. The number of rotatable bonds is 3. The van der Waals surface area contributed by atoms with Gasteiger partial charge in [-0.15, -0.1) is 0 Å². The normalized spacial score (nSPS) is 47.2. The molecular weight excluding hydrogens is 372 g/mol. The minimum Gasteiger partial charge on any atom is -0.458 e. The molecule has 6 nitrogen and oxygen atoms in total. The second-order valence-electron chi connectivity index (χ2n) is 10.2. The smallest absolute Gasteiger partial charge is 0.306 e. The minimum atomic E-state index is -1.77. The first-order valence-electron chi connectivity index (χ1n) is 10.6. The summed E-state index contributed by atoms with van der Waals surface area (Å²) in [5.41, 5.74) is -4.37. The van der Waals surface area contributed by atoms with Gasteiger partial charge >= 0.3 is 5.97 Å². The van der Waals surface area contributed by atoms with E-state index in [9.17, 15) is 24.9 Å². The van der Waals surface area contributed by atoms with Gasteiger partial charge in [-0.05, 0) is 30.4 Å². The molecule has 29 heavy (non-hydrogen) atoms. The fourth-order valence-electron chi connectivity index (χ4n) is 7.15. The lowest BCUT2D eigenvalue weighted by atomic mass is 9.29. The number of ketones is 1. The van der Waals surface area contributed by atoms with E-state index in [0.717, 1.165) is 0 Å². The molecule has 0 saturated heterocycles. The van der Waals surface area contributed by atoms with Crippen LogP contribution in [-0.2, 0) is 14.3 Å². The first kappa shape index (κ1) is 20.8. The van der Waals surface area contributed by atoms with Gasteiger partial charge in [0.2, 0.25) is 0 Å². The molecule has 5 aliphatic rings. The maximum atomic E-state index is 12.9. The summed E-state index contributed by atoms with van der Waals surface area (Å²) in [6.07, 6.45) is 4.74. The predicted octanol–water partition coefficient (Wildman–Crippen LogP) is 2.06. The van der Waals surface area contributed by atoms with Gasteiger partial charge in [-0.2, -0.15) is 0 Å². The molecule has 0 aromatic heterocycles. The third-order valence-electron chi connectivity index (χ3n) is 8.83. The van der Waals surface area contributed by atoms with E-state index in [1.807, 2.05) is 26.8 Å². The zero-order chi connectivity index (χ0) is 21.6. The maximum absolute atomic E-state index is 12.9. The van der Waals surface area contributed by atoms with E-state index < -0.39 is 33.6 Å². The Balaban J connectivity index is 1.93. The summed E-state index contributed by atoms with van der Waals surface area (Å²) in [7, 11) is 0. The van der Waals surface area contributed by atoms with E-state index in [1.165, 1.54) is 0 Å². The molecule has 3 saturated carbocycles. The summed E-state index contributed by atoms with van der Waals surface area (Å²) in [5, 5.41) is 33.9. The molecule has 2 bridgehead atoms. The van der Waals surface area contributed by atoms with Gasteiger partial charge in [0.25, 0.3) is 0 Å². The monoisotopic (exact) mass is 404 g/mol. The first-order chi connectivity index (χ1) is 13.3. The molecule has 0 aliphatic heterocycles. The number of aliphatic hydroxyl groups excluding tert-OH is 1. The number of fused-ring (bicyclic) bond motifs is 2. The second kappa shape index (κ2) is 5.80. The average molecular weight is 405 g/mol. The highest BCUT2D eigenvalue weighted by molar-refractivity contribution is 6.05. The lowest BCUT2D eigenvalue weighted by Crippen LogP contribution is -2.83. The number of aliphatic hydroxyl groups is 3. The predicted molar refractivity (Wildman–Crippen MR) is 106 cm³/mol. The maximum Gasteiger partial charge on any atom is 0.306 e. The number of Topliss-reactive ketones (excluding diaryl/α,β-unsaturated/α-hetero) is 1. The molecule has 5 aliphatic carbocycles. The molecule has 160 valence electrons. The molecule has 0 radical (unpaired) electrons. The largest absolute Gasteiger partial charge is 0.458 e. The Morgan fingerprint density at radius 2 is 1.97 bits per heavy atom. The van der Waals surface area contributed by atoms with E-state index >= 15 is 0 Å². The lowest BCUT2D eigenvalue weighted by Gasteiger charge is -2.77. The summed E-state index contributed by atoms with van der Waals surface area (Å²) in [5.74, 6) is -1.76. The molecular formula is C23H32O6. The Labute approximate surface area is 171 Å². The van der Waals surface area contributed by atoms with Crippen LogP contribution in [0.2, 0.25) is 0 Å². The van der Waals surface area contributed by atoms with Crippen LogP contribution in [0.25, 0.3) is 0 Å². The van der Waals surface area contributed by atoms with Crippen LogP contribution in [0.5, 0.6) is 0 Å². The van der Waals surface area contributed by atoms with Gasteiger partial charge in [-0.1, -0.05) is 39.8 Å². The van der Waals surface area contributed by atoms with Crippen molar-refractivity contribution in [1.29, 1.82) is 0 Å². The quantitative estimate of drug-likeness (QED) is 0.491. The van der Waals surface area contributed by atoms with Crippen molar-refractivity contribution in [3.05, 3.63) is 23.3 Å². The van der Waals surface area contributed by atoms with Crippen LogP contribution in [0.4, 0.5) is 0 Å². The van der Waals surface area contributed by atoms with Crippen LogP contribution in [-0.4, -0.2) is 50.5 Å². The molecule has 3 N–H and O–H groups in total. The van der Waals surface area contributed by atoms with Gasteiger partial charge in [-0.3, -0.25) is 9.59 Å². The third kappa shape index (κ3) is 2.08. The number of hydrogen-bond acceptors (Lipinski definition) is 6. The summed E-state index contributed by atoms with van der Waals surface area (Å²) < 4.78 is 5.97. The van der Waals surface area contributed by atoms with Gasteiger partial charge < -0.3 is 20.1 Å². The number of esters is 1. The zero-order valence-corrected chi connectivity index (χ0v) is 17.9. The Morgan fingerprint density at radius 1 is 1.31 bits per heavy atom. The standard InChI is InChI=1S/C23H32O6/c1-6-17(25)29-21-8-14(3)23(28)16-7-13(2)18(26)22(16,27)10-15(11-24)9-20(23,12-21)19(21,4)5/h7,9,14,16,24,27-28H,6,8,10-12H2,1-5H3. The molecule has 5 rings (SSSR count). The van der Waals surface area contributed by atoms with E-state index in [-0.39, 0.29) is 37.1 Å². The summed E-state index contributed by atoms with van der Waals surface area (Å²) in [4.78, 5) is 25.1. The van der Waals surface area contributed by atoms with Crippen molar-refractivity contribution in [2.45, 2.75) is 77.1 Å². The highest BCUT2D eigenvalue weighted by Crippen LogP contribution is 2.79. The number of carbonyl (C=O) groups is 2. The van der Waals surface area contributed by atoms with Crippen molar-refractivity contribution in [2.24, 2.45) is 22.7 Å². The van der Waals surface area contributed by atoms with Crippen LogP contribution in [0.15, 0.2) is 23.3 Å². The average Bonchev–Trinajstić information content (AvgIpc) is 2.82. The van der Waals surface area contributed by atoms with Crippen molar-refractivity contribution in [2.75, 3.05) is 6.61 Å². The Morgan fingerprint density at radius 3 is 2.52 bits per heavy atom. The highest BCUT2D eigenvalue weighted by Gasteiger charge is 2.84. The molecule has 0 aromatic rings. The molecule has 1 spiro atoms. The van der Waals surface area contributed by atoms with E-state index in [4.69, 9.17) is 4.74 Å². The van der Waals surface area contributed by atoms with Gasteiger partial charge in [0.05, 0.1) is 12.2 Å². The van der Waals surface area contributed by atoms with E-state index in [2.05, 4.69) is 0 Å². The van der Waals surface area contributed by atoms with Gasteiger partial charge in [0.1, 0.15) is 11.2 Å². The van der Waals surface area contributed by atoms with Crippen molar-refractivity contribution in [3.8, 4) is 0 Å². The third-order valence-corrected chi connectivity index (χ3v) is 8.83. The Bertz CT molecular complexity index is 855. The van der Waals surface area contributed by atoms with Crippen LogP contribution in [0, 0.1) is 22.7 Å². The van der Waals surface area contributed by atoms with Crippen LogP contribution >= 0.6 is 0 Å². The zero-order valence-electron chi connectivity index (χ0n) is 17.9. The van der Waals surface area contributed by atoms with Crippen molar-refractivity contribution < 1.29 is 29.6 Å². The van der Waals surface area contributed by atoms with Crippen molar-refractivity contribution >= 4 is 11.8 Å². The highest BCUT2D eigenvalue weighted by atomic mass is 16.6. The minimum absolute atomic E-state index is 0.00452. The molecule has 6 atom stereocenters. The molecule has 0 heterocycles. The first-order valence-corrected chi connectivity index (χ1v) is 10.6. The lowest BCUT2D eigenvalue weighted by molar-refractivity contribution is -0.364. The van der Waals surface area contributed by atoms with Gasteiger partial charge in [-0.25, -0.2) is 0 Å². The fourth-order valence-corrected chi connectivity index (χ4v) is 7.15. The number of carbonyl (C=O) groups excluding carboxylic acids is 2. The Hall–Kier alpha value is -1.50. The van der Waals surface area contributed by atoms with Crippen molar-refractivity contribution in [1.82, 2.24) is 0 Å². The Kier molecular flexibility index (Phi) is 4.15. The summed E-state index contributed by atoms with van der Waals surface area (Å²) in [6.45, 7) is 9.00.